The first-order chi connectivity index (χ1) is 10.3. The van der Waals surface area contributed by atoms with Crippen molar-refractivity contribution in [1.29, 1.82) is 0 Å². The van der Waals surface area contributed by atoms with E-state index in [-0.39, 0.29) is 5.69 Å². The van der Waals surface area contributed by atoms with E-state index in [1.807, 2.05) is 18.6 Å². The first-order valence-corrected chi connectivity index (χ1v) is 8.76. The van der Waals surface area contributed by atoms with Crippen molar-refractivity contribution in [2.24, 2.45) is 5.92 Å². The zero-order valence-electron chi connectivity index (χ0n) is 11.9. The summed E-state index contributed by atoms with van der Waals surface area (Å²) >= 11 is 1.29. The van der Waals surface area contributed by atoms with E-state index >= 15 is 0 Å². The molecule has 0 aromatic carbocycles. The van der Waals surface area contributed by atoms with E-state index in [4.69, 9.17) is 0 Å². The van der Waals surface area contributed by atoms with Crippen molar-refractivity contribution in [3.8, 4) is 0 Å². The number of sulfonamides is 1. The van der Waals surface area contributed by atoms with E-state index in [2.05, 4.69) is 9.97 Å². The zero-order valence-corrected chi connectivity index (χ0v) is 13.5. The number of thiazole rings is 1. The highest BCUT2D eigenvalue weighted by atomic mass is 32.2. The van der Waals surface area contributed by atoms with Crippen LogP contribution in [0.15, 0.2) is 28.7 Å². The first-order valence-electron chi connectivity index (χ1n) is 6.40. The van der Waals surface area contributed by atoms with Crippen molar-refractivity contribution >= 4 is 27.3 Å². The molecule has 118 valence electrons. The Morgan fingerprint density at radius 3 is 2.77 bits per heavy atom. The van der Waals surface area contributed by atoms with Crippen molar-refractivity contribution in [2.45, 2.75) is 25.2 Å². The largest absolute Gasteiger partial charge is 0.284 e. The maximum Gasteiger partial charge on any atom is 0.284 e. The second-order valence-electron chi connectivity index (χ2n) is 5.00. The summed E-state index contributed by atoms with van der Waals surface area (Å²) in [6, 6.07) is 0.786. The van der Waals surface area contributed by atoms with Gasteiger partial charge >= 0.3 is 0 Å². The topological polar surface area (TPSA) is 89.0 Å². The maximum atomic E-state index is 13.0. The fourth-order valence-electron chi connectivity index (χ4n) is 1.63. The molecule has 0 fully saturated rings. The molecule has 2 aromatic rings. The van der Waals surface area contributed by atoms with E-state index < -0.39 is 26.6 Å². The SMILES string of the molecule is CC(C)Cc1nc(C(=O)NS(=O)(=O)c2cncc(F)c2)cs1. The molecule has 0 saturated carbocycles. The van der Waals surface area contributed by atoms with Gasteiger partial charge in [-0.25, -0.2) is 22.5 Å². The Morgan fingerprint density at radius 2 is 2.14 bits per heavy atom. The zero-order chi connectivity index (χ0) is 16.3. The number of carbonyl (C=O) groups is 1. The Hall–Kier alpha value is -1.87. The molecule has 0 spiro atoms. The number of rotatable bonds is 5. The van der Waals surface area contributed by atoms with E-state index in [1.165, 1.54) is 16.7 Å². The molecule has 0 unspecified atom stereocenters. The third-order valence-corrected chi connectivity index (χ3v) is 4.75. The Balaban J connectivity index is 2.15. The van der Waals surface area contributed by atoms with E-state index in [1.54, 1.807) is 0 Å². The number of amides is 1. The van der Waals surface area contributed by atoms with Gasteiger partial charge < -0.3 is 0 Å². The van der Waals surface area contributed by atoms with Crippen molar-refractivity contribution in [2.75, 3.05) is 0 Å². The fraction of sp³-hybridized carbons (Fsp3) is 0.308. The molecule has 0 aliphatic heterocycles. The molecule has 0 aliphatic carbocycles. The van der Waals surface area contributed by atoms with Crippen LogP contribution in [0.4, 0.5) is 4.39 Å². The lowest BCUT2D eigenvalue weighted by atomic mass is 10.1. The molecule has 0 saturated heterocycles. The second-order valence-corrected chi connectivity index (χ2v) is 7.62. The maximum absolute atomic E-state index is 13.0. The highest BCUT2D eigenvalue weighted by molar-refractivity contribution is 7.90. The number of hydrogen-bond donors (Lipinski definition) is 1. The van der Waals surface area contributed by atoms with Crippen LogP contribution in [-0.2, 0) is 16.4 Å². The molecule has 6 nitrogen and oxygen atoms in total. The number of nitrogens with zero attached hydrogens (tertiary/aromatic N) is 2. The molecule has 1 N–H and O–H groups in total. The van der Waals surface area contributed by atoms with Crippen LogP contribution in [0.1, 0.15) is 29.3 Å². The molecular formula is C13H14FN3O3S2. The minimum absolute atomic E-state index is 0.0218. The first kappa shape index (κ1) is 16.5. The lowest BCUT2D eigenvalue weighted by Crippen LogP contribution is -2.31. The van der Waals surface area contributed by atoms with Crippen LogP contribution in [0.2, 0.25) is 0 Å². The molecule has 22 heavy (non-hydrogen) atoms. The van der Waals surface area contributed by atoms with Crippen LogP contribution >= 0.6 is 11.3 Å². The molecule has 2 rings (SSSR count). The summed E-state index contributed by atoms with van der Waals surface area (Å²) in [5.74, 6) is -1.28. The van der Waals surface area contributed by atoms with Gasteiger partial charge in [-0.15, -0.1) is 11.3 Å². The standard InChI is InChI=1S/C13H14FN3O3S2/c1-8(2)3-12-16-11(7-21-12)13(18)17-22(19,20)10-4-9(14)5-15-6-10/h4-8H,3H2,1-2H3,(H,17,18). The molecule has 0 atom stereocenters. The Morgan fingerprint density at radius 1 is 1.41 bits per heavy atom. The van der Waals surface area contributed by atoms with Crippen LogP contribution in [0, 0.1) is 11.7 Å². The minimum Gasteiger partial charge on any atom is -0.266 e. The van der Waals surface area contributed by atoms with Gasteiger partial charge in [0.05, 0.1) is 11.2 Å². The fourth-order valence-corrected chi connectivity index (χ4v) is 3.55. The van der Waals surface area contributed by atoms with Crippen LogP contribution in [0.5, 0.6) is 0 Å². The van der Waals surface area contributed by atoms with Gasteiger partial charge in [-0.3, -0.25) is 9.78 Å². The summed E-state index contributed by atoms with van der Waals surface area (Å²) in [5.41, 5.74) is 0.0218. The Labute approximate surface area is 131 Å². The molecule has 2 heterocycles. The third-order valence-electron chi connectivity index (χ3n) is 2.58. The predicted octanol–water partition coefficient (Wildman–Crippen LogP) is 1.99. The summed E-state index contributed by atoms with van der Waals surface area (Å²) in [6.07, 6.45) is 2.54. The summed E-state index contributed by atoms with van der Waals surface area (Å²) < 4.78 is 38.9. The van der Waals surface area contributed by atoms with E-state index in [0.29, 0.717) is 12.3 Å². The Bertz CT molecular complexity index is 787. The van der Waals surface area contributed by atoms with E-state index in [9.17, 15) is 17.6 Å². The number of carbonyl (C=O) groups excluding carboxylic acids is 1. The van der Waals surface area contributed by atoms with Crippen molar-refractivity contribution in [3.63, 3.8) is 0 Å². The normalized spacial score (nSPS) is 11.6. The predicted molar refractivity (Wildman–Crippen MR) is 79.5 cm³/mol. The number of hydrogen-bond acceptors (Lipinski definition) is 6. The average molecular weight is 343 g/mol. The van der Waals surface area contributed by atoms with E-state index in [0.717, 1.165) is 23.5 Å². The average Bonchev–Trinajstić information content (AvgIpc) is 2.86. The summed E-state index contributed by atoms with van der Waals surface area (Å²) in [6.45, 7) is 4.03. The number of halogens is 1. The quantitative estimate of drug-likeness (QED) is 0.897. The number of aromatic nitrogens is 2. The molecule has 9 heteroatoms. The molecule has 0 radical (unpaired) electrons. The molecular weight excluding hydrogens is 329 g/mol. The second kappa shape index (κ2) is 6.49. The number of nitrogens with one attached hydrogen (secondary N) is 1. The monoisotopic (exact) mass is 343 g/mol. The van der Waals surface area contributed by atoms with Crippen LogP contribution < -0.4 is 4.72 Å². The van der Waals surface area contributed by atoms with Crippen LogP contribution in [0.25, 0.3) is 0 Å². The Kier molecular flexibility index (Phi) is 4.87. The van der Waals surface area contributed by atoms with Crippen molar-refractivity contribution in [3.05, 3.63) is 40.4 Å². The van der Waals surface area contributed by atoms with Gasteiger partial charge in [0.25, 0.3) is 15.9 Å². The smallest absolute Gasteiger partial charge is 0.266 e. The lowest BCUT2D eigenvalue weighted by Gasteiger charge is -2.05. The van der Waals surface area contributed by atoms with Gasteiger partial charge in [-0.1, -0.05) is 13.8 Å². The summed E-state index contributed by atoms with van der Waals surface area (Å²) in [4.78, 5) is 19.1. The van der Waals surface area contributed by atoms with Crippen LogP contribution in [0.3, 0.4) is 0 Å². The van der Waals surface area contributed by atoms with Crippen LogP contribution in [-0.4, -0.2) is 24.3 Å². The third kappa shape index (κ3) is 4.08. The van der Waals surface area contributed by atoms with Crippen molar-refractivity contribution in [1.82, 2.24) is 14.7 Å². The highest BCUT2D eigenvalue weighted by Crippen LogP contribution is 2.15. The minimum atomic E-state index is -4.18. The molecule has 2 aromatic heterocycles. The molecule has 1 amide bonds. The van der Waals surface area contributed by atoms with Gasteiger partial charge in [-0.05, 0) is 12.0 Å². The van der Waals surface area contributed by atoms with Gasteiger partial charge in [-0.2, -0.15) is 0 Å². The highest BCUT2D eigenvalue weighted by Gasteiger charge is 2.21. The summed E-state index contributed by atoms with van der Waals surface area (Å²) in [7, 11) is -4.18. The van der Waals surface area contributed by atoms with Gasteiger partial charge in [0.1, 0.15) is 16.4 Å². The summed E-state index contributed by atoms with van der Waals surface area (Å²) in [5, 5.41) is 2.25. The van der Waals surface area contributed by atoms with Gasteiger partial charge in [0, 0.05) is 18.0 Å². The van der Waals surface area contributed by atoms with Gasteiger partial charge in [0.2, 0.25) is 0 Å². The lowest BCUT2D eigenvalue weighted by molar-refractivity contribution is 0.0977. The van der Waals surface area contributed by atoms with Gasteiger partial charge in [0.15, 0.2) is 0 Å². The molecule has 0 bridgehead atoms. The number of pyridine rings is 1. The van der Waals surface area contributed by atoms with Crippen molar-refractivity contribution < 1.29 is 17.6 Å². The molecule has 0 aliphatic rings.